The van der Waals surface area contributed by atoms with E-state index >= 15 is 0 Å². The van der Waals surface area contributed by atoms with Crippen LogP contribution in [0.5, 0.6) is 0 Å². The van der Waals surface area contributed by atoms with E-state index in [0.29, 0.717) is 13.0 Å². The highest BCUT2D eigenvalue weighted by molar-refractivity contribution is 5.84. The van der Waals surface area contributed by atoms with E-state index < -0.39 is 5.60 Å². The second-order valence-corrected chi connectivity index (χ2v) is 3.40. The van der Waals surface area contributed by atoms with Crippen LogP contribution >= 0.6 is 0 Å². The maximum absolute atomic E-state index is 11.6. The van der Waals surface area contributed by atoms with Gasteiger partial charge in [0.15, 0.2) is 0 Å². The van der Waals surface area contributed by atoms with Crippen LogP contribution in [0.2, 0.25) is 0 Å². The van der Waals surface area contributed by atoms with Gasteiger partial charge in [-0.15, -0.1) is 0 Å². The molecule has 78 valence electrons. The van der Waals surface area contributed by atoms with E-state index in [1.165, 1.54) is 7.11 Å². The lowest BCUT2D eigenvalue weighted by Gasteiger charge is -2.26. The molecular formula is C9H20N2O2. The minimum absolute atomic E-state index is 0.00600. The Morgan fingerprint density at radius 1 is 1.69 bits per heavy atom. The zero-order chi connectivity index (χ0) is 10.5. The van der Waals surface area contributed by atoms with Crippen molar-refractivity contribution in [3.05, 3.63) is 0 Å². The third kappa shape index (κ3) is 3.32. The summed E-state index contributed by atoms with van der Waals surface area (Å²) in [6.07, 6.45) is 0.645. The summed E-state index contributed by atoms with van der Waals surface area (Å²) in [7, 11) is 1.54. The van der Waals surface area contributed by atoms with Gasteiger partial charge in [-0.3, -0.25) is 4.79 Å². The van der Waals surface area contributed by atoms with Gasteiger partial charge in [-0.05, 0) is 20.3 Å². The van der Waals surface area contributed by atoms with Gasteiger partial charge in [0, 0.05) is 19.7 Å². The maximum Gasteiger partial charge on any atom is 0.252 e. The Morgan fingerprint density at radius 2 is 2.23 bits per heavy atom. The van der Waals surface area contributed by atoms with E-state index in [1.54, 1.807) is 6.92 Å². The minimum Gasteiger partial charge on any atom is -0.369 e. The summed E-state index contributed by atoms with van der Waals surface area (Å²) in [5, 5.41) is 2.78. The standard InChI is InChI=1S/C9H20N2O2/c1-5-9(3,13-4)8(12)11-7(2)6-10/h7H,5-6,10H2,1-4H3,(H,11,12). The average molecular weight is 188 g/mol. The van der Waals surface area contributed by atoms with Crippen LogP contribution < -0.4 is 11.1 Å². The molecular weight excluding hydrogens is 168 g/mol. The predicted molar refractivity (Wildman–Crippen MR) is 52.4 cm³/mol. The van der Waals surface area contributed by atoms with Crippen LogP contribution in [0, 0.1) is 0 Å². The van der Waals surface area contributed by atoms with Crippen molar-refractivity contribution in [3.8, 4) is 0 Å². The van der Waals surface area contributed by atoms with Gasteiger partial charge < -0.3 is 15.8 Å². The van der Waals surface area contributed by atoms with Crippen LogP contribution in [0.25, 0.3) is 0 Å². The normalized spacial score (nSPS) is 17.6. The van der Waals surface area contributed by atoms with Crippen molar-refractivity contribution in [2.24, 2.45) is 5.73 Å². The molecule has 0 saturated carbocycles. The molecule has 2 unspecified atom stereocenters. The van der Waals surface area contributed by atoms with Crippen LogP contribution in [0.4, 0.5) is 0 Å². The van der Waals surface area contributed by atoms with E-state index in [9.17, 15) is 4.79 Å². The van der Waals surface area contributed by atoms with Crippen LogP contribution in [-0.4, -0.2) is 31.2 Å². The van der Waals surface area contributed by atoms with Crippen LogP contribution in [0.1, 0.15) is 27.2 Å². The highest BCUT2D eigenvalue weighted by Gasteiger charge is 2.31. The molecule has 1 amide bonds. The molecule has 0 rings (SSSR count). The first kappa shape index (κ1) is 12.4. The van der Waals surface area contributed by atoms with Crippen molar-refractivity contribution in [1.29, 1.82) is 0 Å². The molecule has 0 saturated heterocycles. The number of rotatable bonds is 5. The van der Waals surface area contributed by atoms with Gasteiger partial charge in [0.05, 0.1) is 0 Å². The SMILES string of the molecule is CCC(C)(OC)C(=O)NC(C)CN. The third-order valence-corrected chi connectivity index (χ3v) is 2.34. The molecule has 0 aliphatic heterocycles. The van der Waals surface area contributed by atoms with Crippen LogP contribution in [0.3, 0.4) is 0 Å². The first-order valence-corrected chi connectivity index (χ1v) is 4.56. The smallest absolute Gasteiger partial charge is 0.252 e. The second kappa shape index (κ2) is 5.19. The number of nitrogens with two attached hydrogens (primary N) is 1. The Labute approximate surface area is 79.8 Å². The molecule has 0 aliphatic rings. The number of amides is 1. The highest BCUT2D eigenvalue weighted by atomic mass is 16.5. The van der Waals surface area contributed by atoms with E-state index in [2.05, 4.69) is 5.32 Å². The van der Waals surface area contributed by atoms with Crippen LogP contribution in [-0.2, 0) is 9.53 Å². The molecule has 0 heterocycles. The molecule has 0 fully saturated rings. The van der Waals surface area contributed by atoms with Gasteiger partial charge in [0.1, 0.15) is 5.60 Å². The van der Waals surface area contributed by atoms with Gasteiger partial charge in [-0.25, -0.2) is 0 Å². The third-order valence-electron chi connectivity index (χ3n) is 2.34. The molecule has 0 bridgehead atoms. The molecule has 4 nitrogen and oxygen atoms in total. The first-order chi connectivity index (χ1) is 6.00. The van der Waals surface area contributed by atoms with E-state index in [-0.39, 0.29) is 11.9 Å². The molecule has 4 heteroatoms. The summed E-state index contributed by atoms with van der Waals surface area (Å²) in [4.78, 5) is 11.6. The predicted octanol–water partition coefficient (Wildman–Crippen LogP) is 0.265. The van der Waals surface area contributed by atoms with Crippen LogP contribution in [0.15, 0.2) is 0 Å². The number of carbonyl (C=O) groups excluding carboxylic acids is 1. The summed E-state index contributed by atoms with van der Waals surface area (Å²) in [5.74, 6) is -0.101. The zero-order valence-electron chi connectivity index (χ0n) is 8.89. The van der Waals surface area contributed by atoms with Gasteiger partial charge >= 0.3 is 0 Å². The quantitative estimate of drug-likeness (QED) is 0.650. The Kier molecular flexibility index (Phi) is 4.95. The lowest BCUT2D eigenvalue weighted by molar-refractivity contribution is -0.142. The van der Waals surface area contributed by atoms with Crippen molar-refractivity contribution < 1.29 is 9.53 Å². The lowest BCUT2D eigenvalue weighted by atomic mass is 10.0. The number of methoxy groups -OCH3 is 1. The molecule has 13 heavy (non-hydrogen) atoms. The van der Waals surface area contributed by atoms with Gasteiger partial charge in [-0.2, -0.15) is 0 Å². The number of nitrogens with one attached hydrogen (secondary N) is 1. The molecule has 3 N–H and O–H groups in total. The fraction of sp³-hybridized carbons (Fsp3) is 0.889. The summed E-state index contributed by atoms with van der Waals surface area (Å²) < 4.78 is 5.14. The summed E-state index contributed by atoms with van der Waals surface area (Å²) in [5.41, 5.74) is 4.66. The summed E-state index contributed by atoms with van der Waals surface area (Å²) in [6, 6.07) is -0.00600. The van der Waals surface area contributed by atoms with Crippen molar-refractivity contribution in [3.63, 3.8) is 0 Å². The lowest BCUT2D eigenvalue weighted by Crippen LogP contribution is -2.50. The molecule has 2 atom stereocenters. The van der Waals surface area contributed by atoms with E-state index in [1.807, 2.05) is 13.8 Å². The molecule has 0 aromatic rings. The van der Waals surface area contributed by atoms with Gasteiger partial charge in [0.25, 0.3) is 5.91 Å². The molecule has 0 spiro atoms. The first-order valence-electron chi connectivity index (χ1n) is 4.56. The molecule has 0 aliphatic carbocycles. The number of carbonyl (C=O) groups is 1. The summed E-state index contributed by atoms with van der Waals surface area (Å²) >= 11 is 0. The monoisotopic (exact) mass is 188 g/mol. The maximum atomic E-state index is 11.6. The van der Waals surface area contributed by atoms with Crippen molar-refractivity contribution in [2.75, 3.05) is 13.7 Å². The van der Waals surface area contributed by atoms with Crippen molar-refractivity contribution >= 4 is 5.91 Å². The topological polar surface area (TPSA) is 64.3 Å². The summed E-state index contributed by atoms with van der Waals surface area (Å²) in [6.45, 7) is 5.99. The molecule has 0 aromatic heterocycles. The highest BCUT2D eigenvalue weighted by Crippen LogP contribution is 2.13. The number of ether oxygens (including phenoxy) is 1. The van der Waals surface area contributed by atoms with Crippen molar-refractivity contribution in [1.82, 2.24) is 5.32 Å². The largest absolute Gasteiger partial charge is 0.369 e. The van der Waals surface area contributed by atoms with Gasteiger partial charge in [-0.1, -0.05) is 6.92 Å². The molecule has 0 radical (unpaired) electrons. The second-order valence-electron chi connectivity index (χ2n) is 3.40. The Balaban J connectivity index is 4.22. The molecule has 0 aromatic carbocycles. The Morgan fingerprint density at radius 3 is 2.54 bits per heavy atom. The fourth-order valence-electron chi connectivity index (χ4n) is 0.833. The van der Waals surface area contributed by atoms with E-state index in [4.69, 9.17) is 10.5 Å². The number of hydrogen-bond acceptors (Lipinski definition) is 3. The van der Waals surface area contributed by atoms with Gasteiger partial charge in [0.2, 0.25) is 0 Å². The Hall–Kier alpha value is -0.610. The zero-order valence-corrected chi connectivity index (χ0v) is 8.89. The average Bonchev–Trinajstić information content (AvgIpc) is 2.16. The number of hydrogen-bond donors (Lipinski definition) is 2. The Bertz CT molecular complexity index is 167. The van der Waals surface area contributed by atoms with Crippen molar-refractivity contribution in [2.45, 2.75) is 38.8 Å². The van der Waals surface area contributed by atoms with E-state index in [0.717, 1.165) is 0 Å². The fourth-order valence-corrected chi connectivity index (χ4v) is 0.833. The minimum atomic E-state index is -0.733.